The van der Waals surface area contributed by atoms with E-state index < -0.39 is 0 Å². The average molecular weight is 465 g/mol. The van der Waals surface area contributed by atoms with Gasteiger partial charge in [0, 0.05) is 37.1 Å². The summed E-state index contributed by atoms with van der Waals surface area (Å²) in [4.78, 5) is 14.4. The second kappa shape index (κ2) is 12.2. The Kier molecular flexibility index (Phi) is 10.2. The molecule has 1 aliphatic rings. The average Bonchev–Trinajstić information content (AvgIpc) is 2.71. The van der Waals surface area contributed by atoms with Gasteiger partial charge >= 0.3 is 0 Å². The summed E-state index contributed by atoms with van der Waals surface area (Å²) < 4.78 is 0. The fourth-order valence-electron chi connectivity index (χ4n) is 3.86. The zero-order valence-corrected chi connectivity index (χ0v) is 22.1. The smallest absolute Gasteiger partial charge is 0.157 e. The summed E-state index contributed by atoms with van der Waals surface area (Å²) in [6.45, 7) is 19.5. The van der Waals surface area contributed by atoms with Crippen molar-refractivity contribution in [1.82, 2.24) is 9.88 Å². The Morgan fingerprint density at radius 2 is 1.84 bits per heavy atom. The summed E-state index contributed by atoms with van der Waals surface area (Å²) in [7, 11) is 0. The van der Waals surface area contributed by atoms with Gasteiger partial charge in [-0.15, -0.1) is 11.8 Å². The van der Waals surface area contributed by atoms with Crippen LogP contribution in [0.1, 0.15) is 72.8 Å². The Balaban J connectivity index is 2.10. The van der Waals surface area contributed by atoms with E-state index in [2.05, 4.69) is 62.4 Å². The van der Waals surface area contributed by atoms with Crippen LogP contribution in [-0.2, 0) is 0 Å². The second-order valence-electron chi connectivity index (χ2n) is 9.56. The number of hydrogen-bond acceptors (Lipinski definition) is 5. The molecule has 0 amide bonds. The largest absolute Gasteiger partial charge is 0.372 e. The molecule has 0 aliphatic carbocycles. The van der Waals surface area contributed by atoms with Gasteiger partial charge in [0.15, 0.2) is 5.82 Å². The molecule has 1 aliphatic heterocycles. The first-order chi connectivity index (χ1) is 14.7. The summed E-state index contributed by atoms with van der Waals surface area (Å²) in [5.74, 6) is 1.64. The van der Waals surface area contributed by atoms with Crippen molar-refractivity contribution in [2.75, 3.05) is 31.1 Å². The highest BCUT2D eigenvalue weighted by atomic mass is 35.5. The minimum absolute atomic E-state index is 0.291. The molecule has 6 heteroatoms. The Hall–Kier alpha value is -1.20. The molecule has 0 bridgehead atoms. The molecule has 1 saturated heterocycles. The van der Waals surface area contributed by atoms with Gasteiger partial charge < -0.3 is 9.80 Å². The Morgan fingerprint density at radius 1 is 1.19 bits per heavy atom. The standard InChI is InChI=1S/C25H41ClN4S/c1-8-11-20(17-25(5,6)7)29-12-14-30(15-13-29)24-22(26)16-19(4)23(28-24)27-18-31-21(9-2)10-3/h11,16,18,21H,8-10,12-15,17H2,1-7H3/b20-11+,27-18+. The number of nitrogens with zero attached hydrogens (tertiary/aromatic N) is 4. The number of anilines is 1. The highest BCUT2D eigenvalue weighted by Gasteiger charge is 2.24. The van der Waals surface area contributed by atoms with E-state index in [-0.39, 0.29) is 0 Å². The van der Waals surface area contributed by atoms with Gasteiger partial charge in [0.25, 0.3) is 0 Å². The number of piperazine rings is 1. The monoisotopic (exact) mass is 464 g/mol. The lowest BCUT2D eigenvalue weighted by Crippen LogP contribution is -2.46. The SMILES string of the molecule is CC/C=C(\CC(C)(C)C)N1CCN(c2nc(/N=C/SC(CC)CC)c(C)cc2Cl)CC1. The number of thioether (sulfide) groups is 1. The number of rotatable bonds is 9. The Labute approximate surface area is 199 Å². The molecule has 2 rings (SSSR count). The first-order valence-corrected chi connectivity index (χ1v) is 13.0. The molecule has 2 heterocycles. The number of halogens is 1. The van der Waals surface area contributed by atoms with Gasteiger partial charge in [-0.05, 0) is 49.7 Å². The first kappa shape index (κ1) is 26.1. The summed E-state index contributed by atoms with van der Waals surface area (Å²) >= 11 is 8.41. The molecule has 0 atom stereocenters. The third kappa shape index (κ3) is 8.02. The van der Waals surface area contributed by atoms with Crippen molar-refractivity contribution >= 4 is 40.5 Å². The van der Waals surface area contributed by atoms with Crippen LogP contribution in [0.4, 0.5) is 11.6 Å². The van der Waals surface area contributed by atoms with Gasteiger partial charge in [-0.3, -0.25) is 0 Å². The molecule has 0 unspecified atom stereocenters. The Bertz CT molecular complexity index is 758. The van der Waals surface area contributed by atoms with Gasteiger partial charge in [-0.1, -0.05) is 59.2 Å². The number of hydrogen-bond donors (Lipinski definition) is 0. The van der Waals surface area contributed by atoms with Crippen LogP contribution in [0, 0.1) is 12.3 Å². The van der Waals surface area contributed by atoms with Crippen molar-refractivity contribution < 1.29 is 0 Å². The van der Waals surface area contributed by atoms with Gasteiger partial charge in [0.2, 0.25) is 0 Å². The van der Waals surface area contributed by atoms with Gasteiger partial charge in [0.05, 0.1) is 10.6 Å². The van der Waals surface area contributed by atoms with Crippen LogP contribution in [0.25, 0.3) is 0 Å². The second-order valence-corrected chi connectivity index (χ2v) is 11.1. The molecule has 1 aromatic rings. The quantitative estimate of drug-likeness (QED) is 0.280. The third-order valence-electron chi connectivity index (χ3n) is 5.60. The van der Waals surface area contributed by atoms with Crippen molar-refractivity contribution in [3.8, 4) is 0 Å². The fourth-order valence-corrected chi connectivity index (χ4v) is 4.90. The summed E-state index contributed by atoms with van der Waals surface area (Å²) in [5, 5.41) is 1.33. The normalized spacial score (nSPS) is 16.1. The minimum Gasteiger partial charge on any atom is -0.372 e. The third-order valence-corrected chi connectivity index (χ3v) is 7.15. The number of aliphatic imine (C=N–C) groups is 1. The van der Waals surface area contributed by atoms with Crippen LogP contribution in [0.3, 0.4) is 0 Å². The van der Waals surface area contributed by atoms with Gasteiger partial charge in [0.1, 0.15) is 5.82 Å². The van der Waals surface area contributed by atoms with Crippen molar-refractivity contribution in [2.24, 2.45) is 10.4 Å². The molecule has 1 aromatic heterocycles. The van der Waals surface area contributed by atoms with E-state index in [1.165, 1.54) is 5.70 Å². The topological polar surface area (TPSA) is 31.7 Å². The molecule has 0 spiro atoms. The van der Waals surface area contributed by atoms with Crippen molar-refractivity contribution in [3.63, 3.8) is 0 Å². The van der Waals surface area contributed by atoms with Crippen LogP contribution >= 0.6 is 23.4 Å². The summed E-state index contributed by atoms with van der Waals surface area (Å²) in [6, 6.07) is 2.01. The molecule has 0 N–H and O–H groups in total. The number of aryl methyl sites for hydroxylation is 1. The van der Waals surface area contributed by atoms with Crippen LogP contribution in [0.5, 0.6) is 0 Å². The van der Waals surface area contributed by atoms with Crippen molar-refractivity contribution in [1.29, 1.82) is 0 Å². The Morgan fingerprint density at radius 3 is 2.39 bits per heavy atom. The van der Waals surface area contributed by atoms with E-state index in [4.69, 9.17) is 16.6 Å². The van der Waals surface area contributed by atoms with E-state index in [0.29, 0.717) is 10.7 Å². The maximum Gasteiger partial charge on any atom is 0.157 e. The van der Waals surface area contributed by atoms with E-state index >= 15 is 0 Å². The number of aromatic nitrogens is 1. The van der Waals surface area contributed by atoms with Gasteiger partial charge in [-0.25, -0.2) is 9.98 Å². The zero-order chi connectivity index (χ0) is 23.0. The molecule has 0 saturated carbocycles. The molecule has 174 valence electrons. The molecule has 1 fully saturated rings. The van der Waals surface area contributed by atoms with E-state index in [1.807, 2.05) is 18.5 Å². The first-order valence-electron chi connectivity index (χ1n) is 11.7. The molecule has 0 aromatic carbocycles. The predicted molar refractivity (Wildman–Crippen MR) is 140 cm³/mol. The van der Waals surface area contributed by atoms with E-state index in [9.17, 15) is 0 Å². The number of pyridine rings is 1. The van der Waals surface area contributed by atoms with Gasteiger partial charge in [-0.2, -0.15) is 0 Å². The highest BCUT2D eigenvalue weighted by Crippen LogP contribution is 2.32. The minimum atomic E-state index is 0.291. The molecule has 4 nitrogen and oxygen atoms in total. The van der Waals surface area contributed by atoms with E-state index in [1.54, 1.807) is 11.8 Å². The lowest BCUT2D eigenvalue weighted by atomic mass is 9.89. The maximum atomic E-state index is 6.61. The summed E-state index contributed by atoms with van der Waals surface area (Å²) in [5.41, 5.74) is 4.74. The van der Waals surface area contributed by atoms with Crippen molar-refractivity contribution in [2.45, 2.75) is 79.4 Å². The van der Waals surface area contributed by atoms with Crippen LogP contribution in [-0.4, -0.2) is 46.9 Å². The molecule has 31 heavy (non-hydrogen) atoms. The molecule has 0 radical (unpaired) electrons. The fraction of sp³-hybridized carbons (Fsp3) is 0.680. The molecular formula is C25H41ClN4S. The molecular weight excluding hydrogens is 424 g/mol. The van der Waals surface area contributed by atoms with Crippen LogP contribution in [0.2, 0.25) is 5.02 Å². The van der Waals surface area contributed by atoms with E-state index in [0.717, 1.165) is 74.1 Å². The lowest BCUT2D eigenvalue weighted by Gasteiger charge is -2.39. The maximum absolute atomic E-state index is 6.61. The lowest BCUT2D eigenvalue weighted by molar-refractivity contribution is 0.273. The van der Waals surface area contributed by atoms with Crippen molar-refractivity contribution in [3.05, 3.63) is 28.4 Å². The predicted octanol–water partition coefficient (Wildman–Crippen LogP) is 7.48. The number of allylic oxidation sites excluding steroid dienone is 2. The van der Waals surface area contributed by atoms with Crippen LogP contribution < -0.4 is 4.90 Å². The highest BCUT2D eigenvalue weighted by molar-refractivity contribution is 8.12. The zero-order valence-electron chi connectivity index (χ0n) is 20.5. The summed E-state index contributed by atoms with van der Waals surface area (Å²) in [6.07, 6.45) is 6.88. The van der Waals surface area contributed by atoms with Crippen LogP contribution in [0.15, 0.2) is 22.8 Å².